The molecule has 1 amide bonds. The Labute approximate surface area is 98.8 Å². The molecule has 0 aliphatic carbocycles. The first-order valence-corrected chi connectivity index (χ1v) is 6.22. The van der Waals surface area contributed by atoms with E-state index < -0.39 is 0 Å². The SMILES string of the molecule is CCN(C(=O)[C@@H](N)C(C)C)C1CCN(C)C1. The largest absolute Gasteiger partial charge is 0.337 e. The highest BCUT2D eigenvalue weighted by atomic mass is 16.2. The van der Waals surface area contributed by atoms with Gasteiger partial charge in [0.25, 0.3) is 0 Å². The maximum Gasteiger partial charge on any atom is 0.240 e. The second-order valence-electron chi connectivity index (χ2n) is 5.10. The molecule has 1 fully saturated rings. The molecule has 2 atom stereocenters. The summed E-state index contributed by atoms with van der Waals surface area (Å²) in [4.78, 5) is 16.4. The highest BCUT2D eigenvalue weighted by molar-refractivity contribution is 5.82. The second-order valence-corrected chi connectivity index (χ2v) is 5.10. The maximum absolute atomic E-state index is 12.2. The molecule has 94 valence electrons. The number of carbonyl (C=O) groups excluding carboxylic acids is 1. The molecular weight excluding hydrogens is 202 g/mol. The van der Waals surface area contributed by atoms with E-state index in [-0.39, 0.29) is 17.9 Å². The quantitative estimate of drug-likeness (QED) is 0.762. The number of amides is 1. The summed E-state index contributed by atoms with van der Waals surface area (Å²) >= 11 is 0. The summed E-state index contributed by atoms with van der Waals surface area (Å²) in [6.07, 6.45) is 1.07. The van der Waals surface area contributed by atoms with Gasteiger partial charge in [-0.2, -0.15) is 0 Å². The van der Waals surface area contributed by atoms with Gasteiger partial charge < -0.3 is 15.5 Å². The first-order valence-electron chi connectivity index (χ1n) is 6.22. The predicted molar refractivity (Wildman–Crippen MR) is 66.1 cm³/mol. The number of hydrogen-bond acceptors (Lipinski definition) is 3. The summed E-state index contributed by atoms with van der Waals surface area (Å²) in [6, 6.07) is -0.00171. The number of hydrogen-bond donors (Lipinski definition) is 1. The van der Waals surface area contributed by atoms with Gasteiger partial charge >= 0.3 is 0 Å². The van der Waals surface area contributed by atoms with Gasteiger partial charge in [0, 0.05) is 19.1 Å². The molecule has 0 radical (unpaired) electrons. The molecule has 1 unspecified atom stereocenters. The first kappa shape index (κ1) is 13.5. The lowest BCUT2D eigenvalue weighted by molar-refractivity contribution is -0.135. The van der Waals surface area contributed by atoms with Gasteiger partial charge in [-0.15, -0.1) is 0 Å². The summed E-state index contributed by atoms with van der Waals surface area (Å²) in [5, 5.41) is 0. The van der Waals surface area contributed by atoms with E-state index >= 15 is 0 Å². The minimum atomic E-state index is -0.356. The third-order valence-corrected chi connectivity index (χ3v) is 3.43. The van der Waals surface area contributed by atoms with Gasteiger partial charge in [0.05, 0.1) is 6.04 Å². The lowest BCUT2D eigenvalue weighted by Crippen LogP contribution is -2.51. The van der Waals surface area contributed by atoms with E-state index in [0.717, 1.165) is 26.1 Å². The third-order valence-electron chi connectivity index (χ3n) is 3.43. The smallest absolute Gasteiger partial charge is 0.240 e. The molecule has 0 bridgehead atoms. The van der Waals surface area contributed by atoms with Crippen molar-refractivity contribution in [2.75, 3.05) is 26.7 Å². The number of rotatable bonds is 4. The van der Waals surface area contributed by atoms with Crippen molar-refractivity contribution in [2.45, 2.75) is 39.3 Å². The van der Waals surface area contributed by atoms with Crippen LogP contribution in [0.3, 0.4) is 0 Å². The van der Waals surface area contributed by atoms with Crippen molar-refractivity contribution in [3.8, 4) is 0 Å². The molecule has 1 aliphatic rings. The van der Waals surface area contributed by atoms with E-state index in [1.807, 2.05) is 25.7 Å². The van der Waals surface area contributed by atoms with Crippen molar-refractivity contribution in [3.05, 3.63) is 0 Å². The van der Waals surface area contributed by atoms with Crippen molar-refractivity contribution >= 4 is 5.91 Å². The van der Waals surface area contributed by atoms with E-state index in [0.29, 0.717) is 6.04 Å². The highest BCUT2D eigenvalue weighted by Gasteiger charge is 2.31. The molecule has 4 heteroatoms. The topological polar surface area (TPSA) is 49.6 Å². The fraction of sp³-hybridized carbons (Fsp3) is 0.917. The number of likely N-dealkylation sites (N-methyl/N-ethyl adjacent to an activating group) is 2. The highest BCUT2D eigenvalue weighted by Crippen LogP contribution is 2.16. The molecule has 2 N–H and O–H groups in total. The molecular formula is C12H25N3O. The molecule has 0 spiro atoms. The van der Waals surface area contributed by atoms with E-state index in [2.05, 4.69) is 11.9 Å². The molecule has 0 aromatic carbocycles. The van der Waals surface area contributed by atoms with Gasteiger partial charge in [0.2, 0.25) is 5.91 Å². The van der Waals surface area contributed by atoms with Crippen LogP contribution in [0.25, 0.3) is 0 Å². The van der Waals surface area contributed by atoms with Crippen LogP contribution in [-0.2, 0) is 4.79 Å². The standard InChI is InChI=1S/C12H25N3O/c1-5-15(10-6-7-14(4)8-10)12(16)11(13)9(2)3/h9-11H,5-8,13H2,1-4H3/t10?,11-/m0/s1. The Morgan fingerprint density at radius 2 is 2.19 bits per heavy atom. The van der Waals surface area contributed by atoms with Crippen molar-refractivity contribution in [1.29, 1.82) is 0 Å². The van der Waals surface area contributed by atoms with E-state index in [1.54, 1.807) is 0 Å². The Balaban J connectivity index is 2.63. The van der Waals surface area contributed by atoms with E-state index in [9.17, 15) is 4.79 Å². The summed E-state index contributed by atoms with van der Waals surface area (Å²) in [5.41, 5.74) is 5.93. The fourth-order valence-corrected chi connectivity index (χ4v) is 2.24. The number of likely N-dealkylation sites (tertiary alicyclic amines) is 1. The first-order chi connectivity index (χ1) is 7.47. The molecule has 1 saturated heterocycles. The molecule has 0 saturated carbocycles. The van der Waals surface area contributed by atoms with Crippen LogP contribution in [0.4, 0.5) is 0 Å². The van der Waals surface area contributed by atoms with Crippen molar-refractivity contribution in [3.63, 3.8) is 0 Å². The van der Waals surface area contributed by atoms with Crippen LogP contribution in [0.15, 0.2) is 0 Å². The zero-order valence-electron chi connectivity index (χ0n) is 10.9. The average molecular weight is 227 g/mol. The van der Waals surface area contributed by atoms with Crippen molar-refractivity contribution in [2.24, 2.45) is 11.7 Å². The van der Waals surface area contributed by atoms with Crippen molar-refractivity contribution < 1.29 is 4.79 Å². The number of carbonyl (C=O) groups is 1. The van der Waals surface area contributed by atoms with E-state index in [1.165, 1.54) is 0 Å². The lowest BCUT2D eigenvalue weighted by Gasteiger charge is -2.31. The molecule has 16 heavy (non-hydrogen) atoms. The Kier molecular flexibility index (Phi) is 4.74. The normalized spacial score (nSPS) is 23.8. The zero-order chi connectivity index (χ0) is 12.3. The van der Waals surface area contributed by atoms with Crippen LogP contribution in [0.5, 0.6) is 0 Å². The van der Waals surface area contributed by atoms with Crippen LogP contribution in [-0.4, -0.2) is 54.5 Å². The molecule has 1 aliphatic heterocycles. The average Bonchev–Trinajstić information content (AvgIpc) is 2.64. The molecule has 0 aromatic heterocycles. The number of nitrogens with zero attached hydrogens (tertiary/aromatic N) is 2. The Morgan fingerprint density at radius 1 is 1.56 bits per heavy atom. The Bertz CT molecular complexity index is 242. The summed E-state index contributed by atoms with van der Waals surface area (Å²) < 4.78 is 0. The minimum absolute atomic E-state index is 0.109. The Hall–Kier alpha value is -0.610. The summed E-state index contributed by atoms with van der Waals surface area (Å²) in [5.74, 6) is 0.318. The summed E-state index contributed by atoms with van der Waals surface area (Å²) in [6.45, 7) is 8.84. The predicted octanol–water partition coefficient (Wildman–Crippen LogP) is 0.522. The zero-order valence-corrected chi connectivity index (χ0v) is 10.9. The van der Waals surface area contributed by atoms with Gasteiger partial charge in [0.15, 0.2) is 0 Å². The van der Waals surface area contributed by atoms with Gasteiger partial charge in [-0.25, -0.2) is 0 Å². The van der Waals surface area contributed by atoms with Crippen molar-refractivity contribution in [1.82, 2.24) is 9.80 Å². The summed E-state index contributed by atoms with van der Waals surface area (Å²) in [7, 11) is 2.10. The van der Waals surface area contributed by atoms with Gasteiger partial charge in [-0.1, -0.05) is 13.8 Å². The molecule has 4 nitrogen and oxygen atoms in total. The van der Waals surface area contributed by atoms with Crippen LogP contribution in [0.2, 0.25) is 0 Å². The third kappa shape index (κ3) is 2.95. The van der Waals surface area contributed by atoms with E-state index in [4.69, 9.17) is 5.73 Å². The second kappa shape index (κ2) is 5.64. The van der Waals surface area contributed by atoms with Crippen LogP contribution in [0, 0.1) is 5.92 Å². The molecule has 1 rings (SSSR count). The lowest BCUT2D eigenvalue weighted by atomic mass is 10.0. The van der Waals surface area contributed by atoms with Gasteiger partial charge in [0.1, 0.15) is 0 Å². The maximum atomic E-state index is 12.2. The number of nitrogens with two attached hydrogens (primary N) is 1. The Morgan fingerprint density at radius 3 is 2.56 bits per heavy atom. The molecule has 1 heterocycles. The molecule has 0 aromatic rings. The van der Waals surface area contributed by atoms with Gasteiger partial charge in [-0.05, 0) is 32.9 Å². The van der Waals surface area contributed by atoms with Gasteiger partial charge in [-0.3, -0.25) is 4.79 Å². The van der Waals surface area contributed by atoms with Crippen LogP contribution >= 0.6 is 0 Å². The van der Waals surface area contributed by atoms with Crippen LogP contribution in [0.1, 0.15) is 27.2 Å². The monoisotopic (exact) mass is 227 g/mol. The fourth-order valence-electron chi connectivity index (χ4n) is 2.24. The van der Waals surface area contributed by atoms with Crippen LogP contribution < -0.4 is 5.73 Å². The minimum Gasteiger partial charge on any atom is -0.337 e.